The van der Waals surface area contributed by atoms with Gasteiger partial charge in [-0.1, -0.05) is 53.9 Å². The number of hydrogen-bond donors (Lipinski definition) is 4. The molecule has 3 aliphatic carbocycles. The molecule has 5 amide bonds. The van der Waals surface area contributed by atoms with Crippen LogP contribution in [-0.2, 0) is 29.4 Å². The molecule has 0 aromatic rings. The molecule has 47 heavy (non-hydrogen) atoms. The number of urea groups is 1. The minimum Gasteiger partial charge on any atom is -0.363 e. The number of piperidine rings is 1. The molecule has 3 saturated carbocycles. The van der Waals surface area contributed by atoms with Gasteiger partial charge in [0.05, 0.1) is 0 Å². The number of fused-ring (bicyclic) bond motifs is 1. The van der Waals surface area contributed by atoms with Gasteiger partial charge >= 0.3 is 6.03 Å². The monoisotopic (exact) mass is 681 g/mol. The van der Waals surface area contributed by atoms with E-state index in [1.165, 1.54) is 30.3 Å². The fourth-order valence-electron chi connectivity index (χ4n) is 7.69. The summed E-state index contributed by atoms with van der Waals surface area (Å²) >= 11 is 0. The molecule has 1 unspecified atom stereocenters. The SMILES string of the molecule is CN(C)S(=O)(=O)N(C)C[C@@H](NC(=O)N[C@H](C(=O)N1C[C@H]2[C@@H]([C@H]1C(=O)NC(C(=O)C(N)=O)C1CC1)C2(C)C)C(C)(C)C)C1CCCCC1. The number of Topliss-reactive ketones (excluding diaryl/α,β-unsaturated/α-hetero) is 1. The molecule has 5 N–H and O–H groups in total. The third-order valence-electron chi connectivity index (χ3n) is 10.9. The molecule has 15 heteroatoms. The molecule has 0 spiro atoms. The van der Waals surface area contributed by atoms with Gasteiger partial charge in [-0.15, -0.1) is 0 Å². The molecule has 266 valence electrons. The number of hydrogen-bond acceptors (Lipinski definition) is 7. The first-order valence-corrected chi connectivity index (χ1v) is 18.2. The van der Waals surface area contributed by atoms with Gasteiger partial charge in [-0.05, 0) is 60.2 Å². The lowest BCUT2D eigenvalue weighted by Gasteiger charge is -2.39. The molecule has 0 aromatic carbocycles. The summed E-state index contributed by atoms with van der Waals surface area (Å²) < 4.78 is 28.0. The molecule has 1 aliphatic heterocycles. The Bertz CT molecular complexity index is 1350. The Hall–Kier alpha value is -2.78. The molecule has 1 heterocycles. The summed E-state index contributed by atoms with van der Waals surface area (Å²) in [5, 5.41) is 8.65. The molecule has 14 nitrogen and oxygen atoms in total. The second-order valence-corrected chi connectivity index (χ2v) is 18.2. The average molecular weight is 682 g/mol. The van der Waals surface area contributed by atoms with E-state index in [2.05, 4.69) is 16.0 Å². The quantitative estimate of drug-likeness (QED) is 0.207. The van der Waals surface area contributed by atoms with Gasteiger partial charge in [0.2, 0.25) is 17.6 Å². The van der Waals surface area contributed by atoms with Crippen molar-refractivity contribution in [3.05, 3.63) is 0 Å². The summed E-state index contributed by atoms with van der Waals surface area (Å²) in [6, 6.07) is -3.98. The second kappa shape index (κ2) is 13.6. The average Bonchev–Trinajstić information content (AvgIpc) is 3.86. The molecule has 6 atom stereocenters. The zero-order valence-corrected chi connectivity index (χ0v) is 30.0. The van der Waals surface area contributed by atoms with Crippen molar-refractivity contribution in [2.24, 2.45) is 40.2 Å². The van der Waals surface area contributed by atoms with Crippen LogP contribution in [0.1, 0.15) is 79.6 Å². The van der Waals surface area contributed by atoms with E-state index in [0.29, 0.717) is 19.4 Å². The van der Waals surface area contributed by atoms with Crippen LogP contribution in [0.5, 0.6) is 0 Å². The molecule has 4 aliphatic rings. The molecule has 4 rings (SSSR count). The van der Waals surface area contributed by atoms with Crippen molar-refractivity contribution in [3.8, 4) is 0 Å². The second-order valence-electron chi connectivity index (χ2n) is 15.9. The molecule has 4 fully saturated rings. The largest absolute Gasteiger partial charge is 0.363 e. The summed E-state index contributed by atoms with van der Waals surface area (Å²) in [5.41, 5.74) is 4.33. The summed E-state index contributed by atoms with van der Waals surface area (Å²) in [7, 11) is 0.691. The molecule has 1 saturated heterocycles. The van der Waals surface area contributed by atoms with Gasteiger partial charge < -0.3 is 26.6 Å². The lowest BCUT2D eigenvalue weighted by Crippen LogP contribution is -2.62. The van der Waals surface area contributed by atoms with E-state index in [1.807, 2.05) is 34.6 Å². The Labute approximate surface area is 279 Å². The lowest BCUT2D eigenvalue weighted by molar-refractivity contribution is -0.145. The van der Waals surface area contributed by atoms with Gasteiger partial charge in [-0.3, -0.25) is 19.2 Å². The number of likely N-dealkylation sites (tertiary alicyclic amines) is 1. The summed E-state index contributed by atoms with van der Waals surface area (Å²) in [6.45, 7) is 9.97. The highest BCUT2D eigenvalue weighted by Gasteiger charge is 2.70. The Kier molecular flexibility index (Phi) is 10.7. The van der Waals surface area contributed by atoms with Gasteiger partial charge in [0.25, 0.3) is 16.1 Å². The van der Waals surface area contributed by atoms with Gasteiger partial charge in [-0.25, -0.2) is 4.79 Å². The summed E-state index contributed by atoms with van der Waals surface area (Å²) in [6.07, 6.45) is 6.15. The predicted molar refractivity (Wildman–Crippen MR) is 176 cm³/mol. The number of carbonyl (C=O) groups is 5. The predicted octanol–water partition coefficient (Wildman–Crippen LogP) is 0.820. The van der Waals surface area contributed by atoms with Gasteiger partial charge in [0.15, 0.2) is 0 Å². The van der Waals surface area contributed by atoms with Crippen LogP contribution in [0.3, 0.4) is 0 Å². The van der Waals surface area contributed by atoms with Crippen LogP contribution in [0.25, 0.3) is 0 Å². The molecule has 0 radical (unpaired) electrons. The first kappa shape index (κ1) is 37.0. The Morgan fingerprint density at radius 1 is 0.915 bits per heavy atom. The number of likely N-dealkylation sites (N-methyl/N-ethyl adjacent to an activating group) is 1. The van der Waals surface area contributed by atoms with Crippen molar-refractivity contribution in [2.75, 3.05) is 34.2 Å². The van der Waals surface area contributed by atoms with Crippen molar-refractivity contribution >= 4 is 39.7 Å². The van der Waals surface area contributed by atoms with Crippen molar-refractivity contribution in [2.45, 2.75) is 104 Å². The number of amides is 5. The minimum absolute atomic E-state index is 0.0627. The van der Waals surface area contributed by atoms with E-state index in [-0.39, 0.29) is 35.6 Å². The number of primary amides is 1. The molecule has 0 aromatic heterocycles. The Balaban J connectivity index is 1.53. The van der Waals surface area contributed by atoms with Gasteiger partial charge in [0, 0.05) is 40.3 Å². The topological polar surface area (TPSA) is 191 Å². The van der Waals surface area contributed by atoms with Crippen LogP contribution in [0.15, 0.2) is 0 Å². The number of nitrogens with zero attached hydrogens (tertiary/aromatic N) is 3. The highest BCUT2D eigenvalue weighted by molar-refractivity contribution is 7.86. The van der Waals surface area contributed by atoms with E-state index < -0.39 is 69.3 Å². The smallest absolute Gasteiger partial charge is 0.315 e. The van der Waals surface area contributed by atoms with E-state index in [9.17, 15) is 32.4 Å². The van der Waals surface area contributed by atoms with Crippen molar-refractivity contribution in [1.82, 2.24) is 29.5 Å². The lowest BCUT2D eigenvalue weighted by atomic mass is 9.83. The first-order chi connectivity index (χ1) is 21.7. The molecular formula is C32H55N7O7S. The van der Waals surface area contributed by atoms with Crippen LogP contribution in [0.4, 0.5) is 4.79 Å². The third-order valence-corrected chi connectivity index (χ3v) is 12.8. The highest BCUT2D eigenvalue weighted by Crippen LogP contribution is 2.65. The van der Waals surface area contributed by atoms with E-state index >= 15 is 0 Å². The maximum Gasteiger partial charge on any atom is 0.315 e. The Morgan fingerprint density at radius 2 is 1.51 bits per heavy atom. The van der Waals surface area contributed by atoms with Crippen molar-refractivity contribution in [1.29, 1.82) is 0 Å². The number of carbonyl (C=O) groups excluding carboxylic acids is 5. The van der Waals surface area contributed by atoms with Crippen LogP contribution < -0.4 is 21.7 Å². The van der Waals surface area contributed by atoms with Gasteiger partial charge in [-0.2, -0.15) is 17.0 Å². The number of ketones is 1. The number of nitrogens with two attached hydrogens (primary N) is 1. The van der Waals surface area contributed by atoms with E-state index in [1.54, 1.807) is 0 Å². The van der Waals surface area contributed by atoms with E-state index in [0.717, 1.165) is 36.4 Å². The summed E-state index contributed by atoms with van der Waals surface area (Å²) in [4.78, 5) is 67.6. The minimum atomic E-state index is -3.71. The molecule has 0 bridgehead atoms. The standard InChI is InChI=1S/C32H55N7O7S/c1-31(2,3)26(36-30(44)34-21(18-12-10-9-11-13-18)17-38(8)47(45,46)37(6)7)29(43)39-16-20-22(32(20,4)5)24(39)28(42)35-23(19-14-15-19)25(40)27(33)41/h18-24,26H,9-17H2,1-8H3,(H2,33,41)(H,35,42)(H2,34,36,44)/t20-,21+,22-,23?,24-,26+/m0/s1. The zero-order valence-electron chi connectivity index (χ0n) is 29.2. The fraction of sp³-hybridized carbons (Fsp3) is 0.844. The highest BCUT2D eigenvalue weighted by atomic mass is 32.2. The van der Waals surface area contributed by atoms with E-state index in [4.69, 9.17) is 5.73 Å². The summed E-state index contributed by atoms with van der Waals surface area (Å²) in [5.74, 6) is -3.03. The zero-order chi connectivity index (χ0) is 35.2. The van der Waals surface area contributed by atoms with Crippen LogP contribution in [0, 0.1) is 34.5 Å². The Morgan fingerprint density at radius 3 is 2.02 bits per heavy atom. The van der Waals surface area contributed by atoms with Crippen molar-refractivity contribution < 1.29 is 32.4 Å². The fourth-order valence-corrected chi connectivity index (χ4v) is 8.59. The van der Waals surface area contributed by atoms with Gasteiger partial charge in [0.1, 0.15) is 18.1 Å². The number of rotatable bonds is 13. The van der Waals surface area contributed by atoms with Crippen molar-refractivity contribution in [3.63, 3.8) is 0 Å². The van der Waals surface area contributed by atoms with Crippen LogP contribution in [0.2, 0.25) is 0 Å². The van der Waals surface area contributed by atoms with Crippen LogP contribution >= 0.6 is 0 Å². The van der Waals surface area contributed by atoms with Crippen LogP contribution in [-0.4, -0.2) is 110 Å². The number of nitrogens with one attached hydrogen (secondary N) is 3. The third kappa shape index (κ3) is 7.93. The maximum absolute atomic E-state index is 14.3. The first-order valence-electron chi connectivity index (χ1n) is 16.8. The molecular weight excluding hydrogens is 626 g/mol. The normalized spacial score (nSPS) is 26.3. The maximum atomic E-state index is 14.3.